The van der Waals surface area contributed by atoms with Gasteiger partial charge in [0.25, 0.3) is 0 Å². The first-order valence-electron chi connectivity index (χ1n) is 9.25. The molecular weight excluding hydrogens is 436 g/mol. The summed E-state index contributed by atoms with van der Waals surface area (Å²) in [4.78, 5) is 4.32. The summed E-state index contributed by atoms with van der Waals surface area (Å²) in [6.07, 6.45) is -7.65. The molecule has 2 aliphatic rings. The Hall–Kier alpha value is -3.63. The number of benzene rings is 2. The fourth-order valence-electron chi connectivity index (χ4n) is 3.39. The summed E-state index contributed by atoms with van der Waals surface area (Å²) in [7, 11) is 0. The molecule has 162 valence electrons. The normalized spacial score (nSPS) is 17.9. The van der Waals surface area contributed by atoms with Gasteiger partial charge in [0.15, 0.2) is 0 Å². The van der Waals surface area contributed by atoms with Gasteiger partial charge in [-0.3, -0.25) is 4.98 Å². The minimum Gasteiger partial charge on any atom is -0.256 e. The molecule has 5 rings (SSSR count). The summed E-state index contributed by atoms with van der Waals surface area (Å²) in [5.74, 6) is 0. The first-order chi connectivity index (χ1) is 15.1. The third kappa shape index (κ3) is 3.07. The Morgan fingerprint density at radius 3 is 1.25 bits per heavy atom. The van der Waals surface area contributed by atoms with Gasteiger partial charge >= 0.3 is 23.7 Å². The van der Waals surface area contributed by atoms with Crippen molar-refractivity contribution in [1.29, 1.82) is 0 Å². The summed E-state index contributed by atoms with van der Waals surface area (Å²) < 4.78 is 78.6. The SMILES string of the molecule is FC(F)(F)C1(c2ccc(-c3ccc(-c4ccc(C5(C(F)(F)F)N=N5)cc4)nc3)cc2)N=N1. The van der Waals surface area contributed by atoms with Crippen LogP contribution in [-0.4, -0.2) is 17.3 Å². The second kappa shape index (κ2) is 6.44. The predicted molar refractivity (Wildman–Crippen MR) is 100 cm³/mol. The fraction of sp³-hybridized carbons (Fsp3) is 0.190. The number of aromatic nitrogens is 1. The maximum atomic E-state index is 13.1. The second-order valence-electron chi connectivity index (χ2n) is 7.33. The Balaban J connectivity index is 1.34. The van der Waals surface area contributed by atoms with Crippen LogP contribution in [0.25, 0.3) is 22.4 Å². The van der Waals surface area contributed by atoms with Gasteiger partial charge < -0.3 is 0 Å². The molecule has 0 N–H and O–H groups in total. The zero-order valence-corrected chi connectivity index (χ0v) is 15.9. The van der Waals surface area contributed by atoms with Crippen LogP contribution in [0.15, 0.2) is 87.3 Å². The molecule has 2 aromatic carbocycles. The minimum absolute atomic E-state index is 0.0656. The first kappa shape index (κ1) is 20.3. The Morgan fingerprint density at radius 2 is 0.906 bits per heavy atom. The van der Waals surface area contributed by atoms with E-state index >= 15 is 0 Å². The zero-order chi connectivity index (χ0) is 22.8. The molecule has 0 amide bonds. The molecule has 1 aromatic heterocycles. The summed E-state index contributed by atoms with van der Waals surface area (Å²) in [6.45, 7) is 0. The monoisotopic (exact) mass is 447 g/mol. The molecule has 0 unspecified atom stereocenters. The molecule has 5 nitrogen and oxygen atoms in total. The van der Waals surface area contributed by atoms with Crippen molar-refractivity contribution < 1.29 is 26.3 Å². The number of alkyl halides is 6. The minimum atomic E-state index is -4.59. The van der Waals surface area contributed by atoms with Crippen LogP contribution in [0.5, 0.6) is 0 Å². The largest absolute Gasteiger partial charge is 0.442 e. The van der Waals surface area contributed by atoms with Crippen LogP contribution in [0.1, 0.15) is 11.1 Å². The lowest BCUT2D eigenvalue weighted by Gasteiger charge is -2.15. The molecule has 0 bridgehead atoms. The third-order valence-electron chi connectivity index (χ3n) is 5.36. The van der Waals surface area contributed by atoms with E-state index in [2.05, 4.69) is 25.4 Å². The summed E-state index contributed by atoms with van der Waals surface area (Å²) in [5, 5.41) is 12.7. The van der Waals surface area contributed by atoms with Crippen molar-refractivity contribution >= 4 is 0 Å². The highest BCUT2D eigenvalue weighted by molar-refractivity contribution is 5.67. The smallest absolute Gasteiger partial charge is 0.256 e. The standard InChI is InChI=1S/C21H11F6N5/c22-20(23,24)18(29-30-18)15-6-1-12(2-7-15)14-5-10-17(28-11-14)13-3-8-16(9-4-13)19(31-32-19)21(25,26)27/h1-11H. The van der Waals surface area contributed by atoms with Crippen LogP contribution in [-0.2, 0) is 11.3 Å². The highest BCUT2D eigenvalue weighted by Gasteiger charge is 2.65. The number of halogens is 6. The average molecular weight is 447 g/mol. The highest BCUT2D eigenvalue weighted by Crippen LogP contribution is 2.53. The number of pyridine rings is 1. The quantitative estimate of drug-likeness (QED) is 0.407. The van der Waals surface area contributed by atoms with Crippen LogP contribution in [0.2, 0.25) is 0 Å². The van der Waals surface area contributed by atoms with E-state index in [-0.39, 0.29) is 11.1 Å². The molecule has 11 heteroatoms. The number of nitrogens with zero attached hydrogens (tertiary/aromatic N) is 5. The lowest BCUT2D eigenvalue weighted by molar-refractivity contribution is -0.166. The van der Waals surface area contributed by atoms with Crippen LogP contribution in [0.4, 0.5) is 26.3 Å². The summed E-state index contributed by atoms with van der Waals surface area (Å²) >= 11 is 0. The molecule has 0 saturated heterocycles. The molecule has 3 aromatic rings. The van der Waals surface area contributed by atoms with Crippen molar-refractivity contribution in [3.05, 3.63) is 78.0 Å². The van der Waals surface area contributed by atoms with Crippen molar-refractivity contribution in [3.8, 4) is 22.4 Å². The van der Waals surface area contributed by atoms with E-state index in [1.165, 1.54) is 54.7 Å². The maximum absolute atomic E-state index is 13.1. The highest BCUT2D eigenvalue weighted by atomic mass is 19.4. The topological polar surface area (TPSA) is 62.3 Å². The van der Waals surface area contributed by atoms with Crippen LogP contribution >= 0.6 is 0 Å². The van der Waals surface area contributed by atoms with E-state index in [0.29, 0.717) is 22.4 Å². The molecule has 0 radical (unpaired) electrons. The van der Waals surface area contributed by atoms with Gasteiger partial charge in [-0.25, -0.2) is 0 Å². The van der Waals surface area contributed by atoms with Crippen molar-refractivity contribution in [2.45, 2.75) is 23.7 Å². The van der Waals surface area contributed by atoms with Gasteiger partial charge in [-0.05, 0) is 11.6 Å². The number of hydrogen-bond donors (Lipinski definition) is 0. The van der Waals surface area contributed by atoms with E-state index in [4.69, 9.17) is 0 Å². The third-order valence-corrected chi connectivity index (χ3v) is 5.36. The van der Waals surface area contributed by atoms with Gasteiger partial charge in [0.2, 0.25) is 0 Å². The van der Waals surface area contributed by atoms with Gasteiger partial charge in [-0.15, -0.1) is 20.5 Å². The molecule has 2 aliphatic heterocycles. The fourth-order valence-corrected chi connectivity index (χ4v) is 3.39. The van der Waals surface area contributed by atoms with Gasteiger partial charge in [-0.1, -0.05) is 54.6 Å². The van der Waals surface area contributed by atoms with E-state index in [0.717, 1.165) is 0 Å². The Kier molecular flexibility index (Phi) is 4.08. The molecular formula is C21H11F6N5. The van der Waals surface area contributed by atoms with Crippen LogP contribution in [0, 0.1) is 0 Å². The van der Waals surface area contributed by atoms with Gasteiger partial charge in [0.05, 0.1) is 5.69 Å². The molecule has 0 saturated carbocycles. The van der Waals surface area contributed by atoms with Gasteiger partial charge in [0, 0.05) is 28.5 Å². The molecule has 0 spiro atoms. The van der Waals surface area contributed by atoms with E-state index < -0.39 is 23.7 Å². The molecule has 32 heavy (non-hydrogen) atoms. The lowest BCUT2D eigenvalue weighted by Crippen LogP contribution is -2.29. The first-order valence-corrected chi connectivity index (χ1v) is 9.25. The molecule has 3 heterocycles. The average Bonchev–Trinajstić information content (AvgIpc) is 3.66. The molecule has 0 atom stereocenters. The summed E-state index contributed by atoms with van der Waals surface area (Å²) in [6, 6.07) is 14.7. The lowest BCUT2D eigenvalue weighted by atomic mass is 9.98. The molecule has 0 fully saturated rings. The summed E-state index contributed by atoms with van der Waals surface area (Å²) in [5.41, 5.74) is -2.65. The zero-order valence-electron chi connectivity index (χ0n) is 15.9. The van der Waals surface area contributed by atoms with Gasteiger partial charge in [-0.2, -0.15) is 26.3 Å². The molecule has 0 aliphatic carbocycles. The van der Waals surface area contributed by atoms with Crippen molar-refractivity contribution in [1.82, 2.24) is 4.98 Å². The van der Waals surface area contributed by atoms with Crippen molar-refractivity contribution in [3.63, 3.8) is 0 Å². The van der Waals surface area contributed by atoms with Crippen LogP contribution in [0.3, 0.4) is 0 Å². The van der Waals surface area contributed by atoms with E-state index in [1.54, 1.807) is 12.1 Å². The van der Waals surface area contributed by atoms with E-state index in [1.807, 2.05) is 0 Å². The Bertz CT molecular complexity index is 1120. The number of hydrogen-bond acceptors (Lipinski definition) is 5. The Labute approximate surface area is 176 Å². The predicted octanol–water partition coefficient (Wildman–Crippen LogP) is 6.78. The number of rotatable bonds is 4. The Morgan fingerprint density at radius 1 is 0.500 bits per heavy atom. The second-order valence-corrected chi connectivity index (χ2v) is 7.33. The van der Waals surface area contributed by atoms with Crippen molar-refractivity contribution in [2.24, 2.45) is 20.5 Å². The van der Waals surface area contributed by atoms with E-state index in [9.17, 15) is 26.3 Å². The van der Waals surface area contributed by atoms with Crippen LogP contribution < -0.4 is 0 Å². The van der Waals surface area contributed by atoms with Gasteiger partial charge in [0.1, 0.15) is 0 Å². The van der Waals surface area contributed by atoms with Crippen molar-refractivity contribution in [2.75, 3.05) is 0 Å². The maximum Gasteiger partial charge on any atom is 0.442 e.